The number of nitrogens with zero attached hydrogens (tertiary/aromatic N) is 4. The molecular formula is C52H34N4. The molecule has 4 heteroatoms. The van der Waals surface area contributed by atoms with Gasteiger partial charge < -0.3 is 4.57 Å². The number of aromatic nitrogens is 2. The van der Waals surface area contributed by atoms with Crippen molar-refractivity contribution in [3.05, 3.63) is 187 Å². The summed E-state index contributed by atoms with van der Waals surface area (Å²) in [6, 6.07) is 56.2. The fraction of sp³-hybridized carbons (Fsp3) is 0.0192. The van der Waals surface area contributed by atoms with Crippen LogP contribution in [-0.4, -0.2) is 16.3 Å². The number of allylic oxidation sites excluding steroid dienone is 3. The van der Waals surface area contributed by atoms with Crippen LogP contribution in [0.2, 0.25) is 0 Å². The van der Waals surface area contributed by atoms with E-state index in [-0.39, 0.29) is 0 Å². The zero-order valence-electron chi connectivity index (χ0n) is 30.7. The van der Waals surface area contributed by atoms with Crippen molar-refractivity contribution in [3.8, 4) is 45.3 Å². The number of para-hydroxylation sites is 1. The molecule has 0 unspecified atom stereocenters. The fourth-order valence-electron chi connectivity index (χ4n) is 8.46. The first-order valence-electron chi connectivity index (χ1n) is 18.7. The molecular weight excluding hydrogens is 681 g/mol. The Labute approximate surface area is 324 Å². The third-order valence-electron chi connectivity index (χ3n) is 11.0. The normalized spacial score (nSPS) is 12.1. The number of pyridine rings is 1. The van der Waals surface area contributed by atoms with Crippen LogP contribution in [0.25, 0.3) is 99.0 Å². The highest BCUT2D eigenvalue weighted by molar-refractivity contribution is 6.28. The Bertz CT molecular complexity index is 3270. The summed E-state index contributed by atoms with van der Waals surface area (Å²) >= 11 is 0. The third-order valence-corrected chi connectivity index (χ3v) is 11.0. The van der Waals surface area contributed by atoms with Crippen molar-refractivity contribution in [3.63, 3.8) is 0 Å². The molecule has 10 rings (SSSR count). The molecule has 0 fully saturated rings. The first-order chi connectivity index (χ1) is 27.6. The van der Waals surface area contributed by atoms with Crippen LogP contribution in [0.5, 0.6) is 0 Å². The van der Waals surface area contributed by atoms with E-state index in [1.54, 1.807) is 0 Å². The lowest BCUT2D eigenvalue weighted by molar-refractivity contribution is 1.18. The van der Waals surface area contributed by atoms with E-state index in [4.69, 9.17) is 4.98 Å². The largest absolute Gasteiger partial charge is 0.309 e. The van der Waals surface area contributed by atoms with Gasteiger partial charge in [0.25, 0.3) is 0 Å². The maximum Gasteiger partial charge on any atom is 0.0991 e. The molecule has 0 N–H and O–H groups in total. The average molecular weight is 715 g/mol. The molecule has 0 bridgehead atoms. The molecule has 0 aliphatic heterocycles. The lowest BCUT2D eigenvalue weighted by atomic mass is 9.86. The Morgan fingerprint density at radius 2 is 1.30 bits per heavy atom. The van der Waals surface area contributed by atoms with Gasteiger partial charge in [0.1, 0.15) is 0 Å². The second kappa shape index (κ2) is 13.4. The lowest BCUT2D eigenvalue weighted by Gasteiger charge is -2.17. The molecule has 0 radical (unpaired) electrons. The summed E-state index contributed by atoms with van der Waals surface area (Å²) in [4.78, 5) is 9.12. The average Bonchev–Trinajstić information content (AvgIpc) is 3.59. The molecule has 2 heterocycles. The molecule has 0 saturated heterocycles. The summed E-state index contributed by atoms with van der Waals surface area (Å²) < 4.78 is 2.29. The Morgan fingerprint density at radius 1 is 0.643 bits per heavy atom. The summed E-state index contributed by atoms with van der Waals surface area (Å²) in [6.07, 6.45) is 7.82. The van der Waals surface area contributed by atoms with Crippen LogP contribution in [0.3, 0.4) is 0 Å². The van der Waals surface area contributed by atoms with Crippen molar-refractivity contribution in [2.24, 2.45) is 4.99 Å². The highest BCUT2D eigenvalue weighted by Crippen LogP contribution is 2.44. The van der Waals surface area contributed by atoms with Gasteiger partial charge >= 0.3 is 0 Å². The monoisotopic (exact) mass is 714 g/mol. The maximum atomic E-state index is 9.85. The van der Waals surface area contributed by atoms with Crippen LogP contribution >= 0.6 is 0 Å². The molecule has 0 saturated carbocycles. The molecule has 262 valence electrons. The van der Waals surface area contributed by atoms with E-state index in [0.29, 0.717) is 5.56 Å². The molecule has 56 heavy (non-hydrogen) atoms. The molecule has 0 spiro atoms. The predicted molar refractivity (Wildman–Crippen MR) is 236 cm³/mol. The van der Waals surface area contributed by atoms with Gasteiger partial charge in [-0.05, 0) is 147 Å². The van der Waals surface area contributed by atoms with E-state index in [0.717, 1.165) is 66.7 Å². The Hall–Kier alpha value is -7.61. The van der Waals surface area contributed by atoms with Gasteiger partial charge in [-0.3, -0.25) is 9.98 Å². The van der Waals surface area contributed by atoms with Crippen molar-refractivity contribution in [1.29, 1.82) is 5.26 Å². The zero-order valence-corrected chi connectivity index (χ0v) is 30.7. The van der Waals surface area contributed by atoms with E-state index in [1.165, 1.54) is 37.9 Å². The minimum absolute atomic E-state index is 0.650. The van der Waals surface area contributed by atoms with Crippen molar-refractivity contribution in [2.75, 3.05) is 0 Å². The van der Waals surface area contributed by atoms with E-state index in [9.17, 15) is 5.26 Å². The van der Waals surface area contributed by atoms with Crippen LogP contribution in [0.15, 0.2) is 181 Å². The number of hydrogen-bond donors (Lipinski definition) is 0. The molecule has 0 amide bonds. The molecule has 2 aromatic heterocycles. The molecule has 0 aliphatic carbocycles. The molecule has 0 atom stereocenters. The third kappa shape index (κ3) is 5.29. The number of benzene rings is 8. The molecule has 8 aromatic carbocycles. The number of rotatable bonds is 7. The Kier molecular flexibility index (Phi) is 7.87. The second-order valence-electron chi connectivity index (χ2n) is 14.1. The summed E-state index contributed by atoms with van der Waals surface area (Å²) in [5.41, 5.74) is 12.2. The minimum atomic E-state index is 0.650. The standard InChI is InChI=1S/C52H34N4/c1-3-4-12-47(54-2)38-28-37(29-39(30-38)48-13-8-9-26-55-48)42-21-16-35-17-22-43-41(20-15-34-18-23-44(42)52(35)51(34)43)36-19-25-50-46(31-36)45-27-33(32-53)14-24-49(45)56(50)40-10-6-5-7-11-40/h3-31H,2H2,1H3/b4-3-,47-12-. The number of aliphatic imine (C=N–C) groups is 1. The van der Waals surface area contributed by atoms with Crippen molar-refractivity contribution >= 4 is 66.5 Å². The second-order valence-corrected chi connectivity index (χ2v) is 14.1. The van der Waals surface area contributed by atoms with Crippen LogP contribution < -0.4 is 0 Å². The lowest BCUT2D eigenvalue weighted by Crippen LogP contribution is -1.93. The smallest absolute Gasteiger partial charge is 0.0991 e. The van der Waals surface area contributed by atoms with E-state index >= 15 is 0 Å². The van der Waals surface area contributed by atoms with E-state index in [2.05, 4.69) is 138 Å². The van der Waals surface area contributed by atoms with Gasteiger partial charge in [0.15, 0.2) is 0 Å². The maximum absolute atomic E-state index is 9.85. The van der Waals surface area contributed by atoms with Crippen molar-refractivity contribution in [1.82, 2.24) is 9.55 Å². The van der Waals surface area contributed by atoms with Crippen molar-refractivity contribution < 1.29 is 0 Å². The molecule has 4 nitrogen and oxygen atoms in total. The summed E-state index contributed by atoms with van der Waals surface area (Å²) in [5.74, 6) is 0. The van der Waals surface area contributed by atoms with Gasteiger partial charge in [0, 0.05) is 33.8 Å². The zero-order chi connectivity index (χ0) is 37.8. The molecule has 0 aliphatic rings. The number of hydrogen-bond acceptors (Lipinski definition) is 3. The number of fused-ring (bicyclic) bond motifs is 3. The summed E-state index contributed by atoms with van der Waals surface area (Å²) in [6.45, 7) is 5.90. The first kappa shape index (κ1) is 33.0. The number of nitriles is 1. The van der Waals surface area contributed by atoms with E-state index < -0.39 is 0 Å². The van der Waals surface area contributed by atoms with Crippen molar-refractivity contribution in [2.45, 2.75) is 6.92 Å². The van der Waals surface area contributed by atoms with Gasteiger partial charge in [0.2, 0.25) is 0 Å². The van der Waals surface area contributed by atoms with Gasteiger partial charge in [0.05, 0.1) is 34.1 Å². The van der Waals surface area contributed by atoms with Crippen LogP contribution in [0.1, 0.15) is 18.1 Å². The topological polar surface area (TPSA) is 54.0 Å². The highest BCUT2D eigenvalue weighted by Gasteiger charge is 2.19. The first-order valence-corrected chi connectivity index (χ1v) is 18.7. The highest BCUT2D eigenvalue weighted by atomic mass is 15.0. The summed E-state index contributed by atoms with van der Waals surface area (Å²) in [7, 11) is 0. The molecule has 10 aromatic rings. The Balaban J connectivity index is 1.19. The SMILES string of the molecule is C=N/C(=C\C=C/C)c1cc(-c2ccccn2)cc(-c2ccc3ccc4c(-c5ccc6c(c5)c5cc(C#N)ccc5n6-c5ccccc5)ccc5ccc2c3c54)c1. The van der Waals surface area contributed by atoms with Crippen LogP contribution in [0, 0.1) is 11.3 Å². The van der Waals surface area contributed by atoms with Gasteiger partial charge in [-0.25, -0.2) is 0 Å². The predicted octanol–water partition coefficient (Wildman–Crippen LogP) is 13.6. The Morgan fingerprint density at radius 3 is 1.98 bits per heavy atom. The van der Waals surface area contributed by atoms with Gasteiger partial charge in [-0.2, -0.15) is 5.26 Å². The van der Waals surface area contributed by atoms with E-state index in [1.807, 2.05) is 67.7 Å². The van der Waals surface area contributed by atoms with Crippen LogP contribution in [0.4, 0.5) is 0 Å². The van der Waals surface area contributed by atoms with Gasteiger partial charge in [-0.15, -0.1) is 0 Å². The quantitative estimate of drug-likeness (QED) is 0.0937. The van der Waals surface area contributed by atoms with Gasteiger partial charge in [-0.1, -0.05) is 91.0 Å². The summed E-state index contributed by atoms with van der Waals surface area (Å²) in [5, 5.41) is 19.3. The minimum Gasteiger partial charge on any atom is -0.309 e. The van der Waals surface area contributed by atoms with Crippen LogP contribution in [-0.2, 0) is 0 Å². The fourth-order valence-corrected chi connectivity index (χ4v) is 8.46.